The SMILES string of the molecule is O.O.O.OCC(O)C(O)C1[O][Sb][O]C1CO.[Na+]. The van der Waals surface area contributed by atoms with Gasteiger partial charge in [-0.2, -0.15) is 0 Å². The number of hydrogen-bond donors (Lipinski definition) is 4. The fourth-order valence-electron chi connectivity index (χ4n) is 1.00. The second-order valence-electron chi connectivity index (χ2n) is 2.71. The molecule has 1 saturated heterocycles. The Kier molecular flexibility index (Phi) is 22.0. The van der Waals surface area contributed by atoms with Gasteiger partial charge in [-0.25, -0.2) is 0 Å². The zero-order chi connectivity index (χ0) is 9.84. The summed E-state index contributed by atoms with van der Waals surface area (Å²) in [5, 5.41) is 35.9. The first-order valence-electron chi connectivity index (χ1n) is 3.80. The molecule has 0 saturated carbocycles. The van der Waals surface area contributed by atoms with Gasteiger partial charge >= 0.3 is 116 Å². The molecular formula is C6H18NaO9Sb+. The first-order valence-corrected chi connectivity index (χ1v) is 5.89. The molecule has 1 heterocycles. The van der Waals surface area contributed by atoms with E-state index < -0.39 is 53.5 Å². The topological polar surface area (TPSA) is 194 Å². The molecule has 17 heavy (non-hydrogen) atoms. The van der Waals surface area contributed by atoms with Crippen molar-refractivity contribution in [1.82, 2.24) is 0 Å². The van der Waals surface area contributed by atoms with Crippen LogP contribution in [-0.2, 0) is 6.03 Å². The third kappa shape index (κ3) is 7.58. The smallest absolute Gasteiger partial charge is 1.00 e. The van der Waals surface area contributed by atoms with Crippen LogP contribution in [0, 0.1) is 0 Å². The van der Waals surface area contributed by atoms with Gasteiger partial charge in [0.05, 0.1) is 0 Å². The molecule has 0 aromatic heterocycles. The zero-order valence-electron chi connectivity index (χ0n) is 9.28. The van der Waals surface area contributed by atoms with Gasteiger partial charge in [-0.1, -0.05) is 0 Å². The van der Waals surface area contributed by atoms with Crippen LogP contribution in [0.1, 0.15) is 0 Å². The van der Waals surface area contributed by atoms with Crippen molar-refractivity contribution in [3.63, 3.8) is 0 Å². The van der Waals surface area contributed by atoms with E-state index in [9.17, 15) is 5.11 Å². The third-order valence-electron chi connectivity index (χ3n) is 1.81. The Morgan fingerprint density at radius 2 is 1.59 bits per heavy atom. The molecule has 1 radical (unpaired) electrons. The van der Waals surface area contributed by atoms with Gasteiger partial charge in [-0.15, -0.1) is 0 Å². The van der Waals surface area contributed by atoms with Crippen molar-refractivity contribution in [2.75, 3.05) is 13.2 Å². The van der Waals surface area contributed by atoms with Crippen LogP contribution < -0.4 is 29.6 Å². The molecular weight excluding hydrogens is 361 g/mol. The summed E-state index contributed by atoms with van der Waals surface area (Å²) in [5.41, 5.74) is 0. The molecule has 0 spiro atoms. The van der Waals surface area contributed by atoms with Crippen molar-refractivity contribution >= 4 is 22.5 Å². The van der Waals surface area contributed by atoms with E-state index in [1.807, 2.05) is 0 Å². The van der Waals surface area contributed by atoms with E-state index in [1.165, 1.54) is 0 Å². The van der Waals surface area contributed by atoms with E-state index >= 15 is 0 Å². The molecule has 11 heteroatoms. The summed E-state index contributed by atoms with van der Waals surface area (Å²) in [5.74, 6) is 0. The number of aliphatic hydroxyl groups is 4. The van der Waals surface area contributed by atoms with Crippen molar-refractivity contribution in [2.24, 2.45) is 0 Å². The Morgan fingerprint density at radius 3 is 2.00 bits per heavy atom. The summed E-state index contributed by atoms with van der Waals surface area (Å²) in [7, 11) is 0. The average molecular weight is 379 g/mol. The maximum atomic E-state index is 9.42. The molecule has 0 aromatic rings. The average Bonchev–Trinajstić information content (AvgIpc) is 2.62. The molecule has 101 valence electrons. The van der Waals surface area contributed by atoms with Crippen LogP contribution >= 0.6 is 0 Å². The molecule has 1 fully saturated rings. The minimum atomic E-state index is -1.25. The van der Waals surface area contributed by atoms with Gasteiger partial charge in [0.15, 0.2) is 0 Å². The predicted molar refractivity (Wildman–Crippen MR) is 52.5 cm³/mol. The van der Waals surface area contributed by atoms with E-state index in [0.717, 1.165) is 0 Å². The largest absolute Gasteiger partial charge is 1.00 e. The van der Waals surface area contributed by atoms with E-state index in [0.29, 0.717) is 0 Å². The molecule has 0 amide bonds. The van der Waals surface area contributed by atoms with Crippen molar-refractivity contribution in [1.29, 1.82) is 0 Å². The van der Waals surface area contributed by atoms with Gasteiger partial charge in [-0.05, 0) is 0 Å². The summed E-state index contributed by atoms with van der Waals surface area (Å²) in [6, 6.07) is 0. The van der Waals surface area contributed by atoms with Gasteiger partial charge in [0.25, 0.3) is 0 Å². The van der Waals surface area contributed by atoms with Crippen LogP contribution in [0.2, 0.25) is 0 Å². The summed E-state index contributed by atoms with van der Waals surface area (Å²) in [6.45, 7) is -0.794. The zero-order valence-corrected chi connectivity index (χ0v) is 13.8. The maximum absolute atomic E-state index is 9.42. The molecule has 1 aliphatic rings. The maximum Gasteiger partial charge on any atom is 1.00 e. The van der Waals surface area contributed by atoms with Crippen LogP contribution in [-0.4, -0.2) is 96.9 Å². The monoisotopic (exact) mass is 378 g/mol. The first kappa shape index (κ1) is 26.9. The summed E-state index contributed by atoms with van der Waals surface area (Å²) >= 11 is -1.25. The van der Waals surface area contributed by atoms with Gasteiger partial charge in [0.2, 0.25) is 0 Å². The fourth-order valence-corrected chi connectivity index (χ4v) is 3.02. The van der Waals surface area contributed by atoms with Gasteiger partial charge in [0.1, 0.15) is 0 Å². The first-order chi connectivity index (χ1) is 6.20. The number of hydrogen-bond acceptors (Lipinski definition) is 6. The Hall–Kier alpha value is 1.46. The van der Waals surface area contributed by atoms with Gasteiger partial charge in [-0.3, -0.25) is 0 Å². The fraction of sp³-hybridized carbons (Fsp3) is 1.00. The van der Waals surface area contributed by atoms with Crippen LogP contribution in [0.4, 0.5) is 0 Å². The van der Waals surface area contributed by atoms with Crippen LogP contribution in [0.25, 0.3) is 0 Å². The summed E-state index contributed by atoms with van der Waals surface area (Å²) in [6.07, 6.45) is -3.76. The van der Waals surface area contributed by atoms with Crippen molar-refractivity contribution < 1.29 is 72.4 Å². The van der Waals surface area contributed by atoms with Crippen molar-refractivity contribution in [3.05, 3.63) is 0 Å². The molecule has 0 aliphatic carbocycles. The molecule has 9 nitrogen and oxygen atoms in total. The van der Waals surface area contributed by atoms with Crippen LogP contribution in [0.5, 0.6) is 0 Å². The second kappa shape index (κ2) is 13.9. The Balaban J connectivity index is -0.000000211. The third-order valence-corrected chi connectivity index (χ3v) is 3.77. The number of aliphatic hydroxyl groups excluding tert-OH is 4. The Labute approximate surface area is 132 Å². The minimum Gasteiger partial charge on any atom is 1.00 e. The van der Waals surface area contributed by atoms with Gasteiger partial charge in [0, 0.05) is 0 Å². The standard InChI is InChI=1S/C6H12O6.Na.3H2O.Sb/c7-1-3(9)5(11)6(12)4(10)2-8;;;;;/h3-9,11H,1-2H2;;3*1H2;/q-2;+1;;;;+2. The molecule has 1 aliphatic heterocycles. The second-order valence-corrected chi connectivity index (χ2v) is 4.34. The van der Waals surface area contributed by atoms with Crippen LogP contribution in [0.15, 0.2) is 0 Å². The van der Waals surface area contributed by atoms with E-state index in [2.05, 4.69) is 0 Å². The Bertz CT molecular complexity index is 164. The van der Waals surface area contributed by atoms with Gasteiger partial charge < -0.3 is 16.4 Å². The number of rotatable bonds is 4. The van der Waals surface area contributed by atoms with Crippen molar-refractivity contribution in [2.45, 2.75) is 24.4 Å². The predicted octanol–water partition coefficient (Wildman–Crippen LogP) is -8.46. The van der Waals surface area contributed by atoms with E-state index in [-0.39, 0.29) is 52.6 Å². The summed E-state index contributed by atoms with van der Waals surface area (Å²) < 4.78 is 10.1. The molecule has 0 aromatic carbocycles. The van der Waals surface area contributed by atoms with E-state index in [4.69, 9.17) is 21.4 Å². The molecule has 10 N–H and O–H groups in total. The molecule has 1 rings (SSSR count). The molecule has 0 bridgehead atoms. The molecule has 4 unspecified atom stereocenters. The summed E-state index contributed by atoms with van der Waals surface area (Å²) in [4.78, 5) is 0. The Morgan fingerprint density at radius 1 is 1.06 bits per heavy atom. The van der Waals surface area contributed by atoms with Crippen molar-refractivity contribution in [3.8, 4) is 0 Å². The van der Waals surface area contributed by atoms with Crippen LogP contribution in [0.3, 0.4) is 0 Å². The quantitative estimate of drug-likeness (QED) is 0.350. The minimum absolute atomic E-state index is 0. The normalized spacial score (nSPS) is 25.4. The van der Waals surface area contributed by atoms with E-state index in [1.54, 1.807) is 0 Å². The molecule has 4 atom stereocenters.